The standard InChI is InChI=1S/C16H14O2/c1-18-16-4-2-3-14(11-16)8-5-13-6-9-15(12-17)10-7-13/h2-12H,1H3/b8-5+. The SMILES string of the molecule is COc1cccc(/C=C/c2ccc(C=O)cc2)c1. The van der Waals surface area contributed by atoms with Crippen molar-refractivity contribution in [1.82, 2.24) is 0 Å². The Labute approximate surface area is 107 Å². The van der Waals surface area contributed by atoms with E-state index in [2.05, 4.69) is 0 Å². The van der Waals surface area contributed by atoms with E-state index in [0.717, 1.165) is 23.2 Å². The van der Waals surface area contributed by atoms with Crippen LogP contribution in [0.15, 0.2) is 48.5 Å². The van der Waals surface area contributed by atoms with Gasteiger partial charge < -0.3 is 4.74 Å². The minimum Gasteiger partial charge on any atom is -0.497 e. The molecule has 2 nitrogen and oxygen atoms in total. The number of benzene rings is 2. The summed E-state index contributed by atoms with van der Waals surface area (Å²) in [7, 11) is 1.65. The zero-order valence-electron chi connectivity index (χ0n) is 10.2. The van der Waals surface area contributed by atoms with Gasteiger partial charge in [-0.05, 0) is 23.3 Å². The Hall–Kier alpha value is -2.35. The minimum atomic E-state index is 0.688. The smallest absolute Gasteiger partial charge is 0.150 e. The van der Waals surface area contributed by atoms with Crippen LogP contribution in [0.3, 0.4) is 0 Å². The van der Waals surface area contributed by atoms with E-state index in [4.69, 9.17) is 4.74 Å². The van der Waals surface area contributed by atoms with E-state index in [9.17, 15) is 4.79 Å². The average molecular weight is 238 g/mol. The Balaban J connectivity index is 2.15. The van der Waals surface area contributed by atoms with E-state index < -0.39 is 0 Å². The molecular formula is C16H14O2. The predicted octanol–water partition coefficient (Wildman–Crippen LogP) is 3.68. The van der Waals surface area contributed by atoms with Crippen LogP contribution in [0.25, 0.3) is 12.2 Å². The van der Waals surface area contributed by atoms with Gasteiger partial charge in [0.25, 0.3) is 0 Å². The fraction of sp³-hybridized carbons (Fsp3) is 0.0625. The molecule has 2 aromatic carbocycles. The van der Waals surface area contributed by atoms with E-state index in [0.29, 0.717) is 5.56 Å². The highest BCUT2D eigenvalue weighted by molar-refractivity contribution is 5.76. The molecule has 2 heteroatoms. The van der Waals surface area contributed by atoms with Crippen molar-refractivity contribution in [3.05, 3.63) is 65.2 Å². The summed E-state index contributed by atoms with van der Waals surface area (Å²) in [6, 6.07) is 15.3. The van der Waals surface area contributed by atoms with Crippen molar-refractivity contribution in [3.8, 4) is 5.75 Å². The minimum absolute atomic E-state index is 0.688. The highest BCUT2D eigenvalue weighted by Gasteiger charge is 1.92. The zero-order valence-corrected chi connectivity index (χ0v) is 10.2. The molecule has 0 atom stereocenters. The summed E-state index contributed by atoms with van der Waals surface area (Å²) in [5, 5.41) is 0. The van der Waals surface area contributed by atoms with E-state index >= 15 is 0 Å². The first-order valence-corrected chi connectivity index (χ1v) is 5.69. The summed E-state index contributed by atoms with van der Waals surface area (Å²) < 4.78 is 5.16. The lowest BCUT2D eigenvalue weighted by Crippen LogP contribution is -1.82. The molecule has 2 rings (SSSR count). The molecule has 0 radical (unpaired) electrons. The van der Waals surface area contributed by atoms with Gasteiger partial charge in [-0.2, -0.15) is 0 Å². The molecule has 0 amide bonds. The summed E-state index contributed by atoms with van der Waals surface area (Å²) in [5.74, 6) is 0.841. The zero-order chi connectivity index (χ0) is 12.8. The van der Waals surface area contributed by atoms with E-state index in [-0.39, 0.29) is 0 Å². The van der Waals surface area contributed by atoms with Crippen molar-refractivity contribution in [1.29, 1.82) is 0 Å². The van der Waals surface area contributed by atoms with Gasteiger partial charge in [-0.25, -0.2) is 0 Å². The average Bonchev–Trinajstić information content (AvgIpc) is 2.46. The number of aldehydes is 1. The Bertz CT molecular complexity index is 554. The maximum atomic E-state index is 10.5. The summed E-state index contributed by atoms with van der Waals surface area (Å²) in [6.07, 6.45) is 4.86. The highest BCUT2D eigenvalue weighted by Crippen LogP contribution is 2.15. The Kier molecular flexibility index (Phi) is 3.92. The van der Waals surface area contributed by atoms with Crippen molar-refractivity contribution in [3.63, 3.8) is 0 Å². The molecular weight excluding hydrogens is 224 g/mol. The van der Waals surface area contributed by atoms with Crippen LogP contribution in [0.4, 0.5) is 0 Å². The first kappa shape index (κ1) is 12.1. The third-order valence-corrected chi connectivity index (χ3v) is 2.63. The number of rotatable bonds is 4. The first-order valence-electron chi connectivity index (χ1n) is 5.69. The Morgan fingerprint density at radius 3 is 2.22 bits per heavy atom. The second kappa shape index (κ2) is 5.82. The van der Waals surface area contributed by atoms with Gasteiger partial charge in [0.05, 0.1) is 7.11 Å². The fourth-order valence-electron chi connectivity index (χ4n) is 1.62. The third-order valence-electron chi connectivity index (χ3n) is 2.63. The van der Waals surface area contributed by atoms with Gasteiger partial charge in [0.2, 0.25) is 0 Å². The molecule has 18 heavy (non-hydrogen) atoms. The molecule has 0 aliphatic rings. The van der Waals surface area contributed by atoms with Crippen LogP contribution in [0, 0.1) is 0 Å². The Morgan fingerprint density at radius 2 is 1.56 bits per heavy atom. The van der Waals surface area contributed by atoms with Gasteiger partial charge in [0.15, 0.2) is 0 Å². The van der Waals surface area contributed by atoms with E-state index in [1.54, 1.807) is 19.2 Å². The van der Waals surface area contributed by atoms with Crippen LogP contribution in [0.2, 0.25) is 0 Å². The van der Waals surface area contributed by atoms with Gasteiger partial charge in [0, 0.05) is 5.56 Å². The lowest BCUT2D eigenvalue weighted by Gasteiger charge is -2.00. The van der Waals surface area contributed by atoms with Crippen LogP contribution in [0.1, 0.15) is 21.5 Å². The number of hydrogen-bond acceptors (Lipinski definition) is 2. The lowest BCUT2D eigenvalue weighted by atomic mass is 10.1. The van der Waals surface area contributed by atoms with Crippen molar-refractivity contribution < 1.29 is 9.53 Å². The summed E-state index contributed by atoms with van der Waals surface area (Å²) in [5.41, 5.74) is 2.82. The molecule has 0 saturated heterocycles. The quantitative estimate of drug-likeness (QED) is 0.600. The van der Waals surface area contributed by atoms with E-state index in [1.807, 2.05) is 48.6 Å². The molecule has 0 bridgehead atoms. The van der Waals surface area contributed by atoms with Crippen LogP contribution in [-0.2, 0) is 0 Å². The molecule has 0 spiro atoms. The summed E-state index contributed by atoms with van der Waals surface area (Å²) in [6.45, 7) is 0. The number of ether oxygens (including phenoxy) is 1. The lowest BCUT2D eigenvalue weighted by molar-refractivity contribution is 0.112. The molecule has 0 aliphatic carbocycles. The molecule has 0 saturated carbocycles. The second-order valence-corrected chi connectivity index (χ2v) is 3.89. The summed E-state index contributed by atoms with van der Waals surface area (Å²) in [4.78, 5) is 10.5. The fourth-order valence-corrected chi connectivity index (χ4v) is 1.62. The molecule has 0 aromatic heterocycles. The van der Waals surface area contributed by atoms with Crippen LogP contribution < -0.4 is 4.74 Å². The molecule has 90 valence electrons. The number of hydrogen-bond donors (Lipinski definition) is 0. The number of carbonyl (C=O) groups excluding carboxylic acids is 1. The van der Waals surface area contributed by atoms with Gasteiger partial charge >= 0.3 is 0 Å². The van der Waals surface area contributed by atoms with Crippen LogP contribution in [0.5, 0.6) is 5.75 Å². The van der Waals surface area contributed by atoms with Gasteiger partial charge in [-0.1, -0.05) is 48.6 Å². The third kappa shape index (κ3) is 3.08. The Morgan fingerprint density at radius 1 is 0.889 bits per heavy atom. The van der Waals surface area contributed by atoms with Crippen molar-refractivity contribution >= 4 is 18.4 Å². The first-order chi connectivity index (χ1) is 8.81. The van der Waals surface area contributed by atoms with E-state index in [1.165, 1.54) is 0 Å². The molecule has 0 fully saturated rings. The van der Waals surface area contributed by atoms with Crippen molar-refractivity contribution in [2.75, 3.05) is 7.11 Å². The van der Waals surface area contributed by atoms with Gasteiger partial charge in [-0.3, -0.25) is 4.79 Å². The van der Waals surface area contributed by atoms with Crippen molar-refractivity contribution in [2.24, 2.45) is 0 Å². The molecule has 0 unspecified atom stereocenters. The normalized spacial score (nSPS) is 10.5. The summed E-state index contributed by atoms with van der Waals surface area (Å²) >= 11 is 0. The molecule has 0 aliphatic heterocycles. The highest BCUT2D eigenvalue weighted by atomic mass is 16.5. The molecule has 0 N–H and O–H groups in total. The maximum absolute atomic E-state index is 10.5. The van der Waals surface area contributed by atoms with Gasteiger partial charge in [-0.15, -0.1) is 0 Å². The van der Waals surface area contributed by atoms with Crippen LogP contribution in [-0.4, -0.2) is 13.4 Å². The topological polar surface area (TPSA) is 26.3 Å². The second-order valence-electron chi connectivity index (χ2n) is 3.89. The number of carbonyl (C=O) groups is 1. The van der Waals surface area contributed by atoms with Crippen LogP contribution >= 0.6 is 0 Å². The molecule has 2 aromatic rings. The number of methoxy groups -OCH3 is 1. The largest absolute Gasteiger partial charge is 0.497 e. The van der Waals surface area contributed by atoms with Crippen molar-refractivity contribution in [2.45, 2.75) is 0 Å². The predicted molar refractivity (Wildman–Crippen MR) is 73.8 cm³/mol. The maximum Gasteiger partial charge on any atom is 0.150 e. The monoisotopic (exact) mass is 238 g/mol. The molecule has 0 heterocycles. The van der Waals surface area contributed by atoms with Gasteiger partial charge in [0.1, 0.15) is 12.0 Å².